The standard InChI is InChI=1S/C17H22N4O4.C17H23NO5.2CH4/c1-2-24-16(22)13-8-9-14(20-21-18)15(10-13)19-17(23)25-11-12-6-4-3-5-7-12;1-2-22-16(20)13-8-9-15(19)14(10-13)18-17(21)23-11-12-6-4-3-5-7-12;;/h3-7,13-15H,2,8-11H2,1H3,(H,19,23);3-7,13-15,19H,2,8-11H2,1H3,(H,18,21);2*1H4/t13-,14-,15+;13-,14+,15+;;/m00../s1. The molecule has 0 unspecified atom stereocenters. The summed E-state index contributed by atoms with van der Waals surface area (Å²) < 4.78 is 20.4. The summed E-state index contributed by atoms with van der Waals surface area (Å²) >= 11 is 0. The fraction of sp³-hybridized carbons (Fsp3) is 0.556. The van der Waals surface area contributed by atoms with Crippen LogP contribution in [0.25, 0.3) is 10.4 Å². The number of hydrogen-bond acceptors (Lipinski definition) is 10. The minimum Gasteiger partial charge on any atom is -0.466 e. The predicted molar refractivity (Wildman–Crippen MR) is 187 cm³/mol. The Morgan fingerprint density at radius 1 is 0.720 bits per heavy atom. The fourth-order valence-corrected chi connectivity index (χ4v) is 5.60. The normalized spacial score (nSPS) is 22.1. The van der Waals surface area contributed by atoms with Crippen molar-refractivity contribution in [3.05, 3.63) is 82.2 Å². The SMILES string of the molecule is C.C.CCOC(=O)[C@H]1CC[C@@H](O)[C@H](NC(=O)OCc2ccccc2)C1.CCOC(=O)[C@H]1CC[C@H](N=[N+]=[N-])[C@H](NC(=O)OCc2ccccc2)C1. The predicted octanol–water partition coefficient (Wildman–Crippen LogP) is 6.60. The van der Waals surface area contributed by atoms with Gasteiger partial charge >= 0.3 is 24.1 Å². The van der Waals surface area contributed by atoms with Crippen LogP contribution >= 0.6 is 0 Å². The van der Waals surface area contributed by atoms with Crippen LogP contribution in [-0.2, 0) is 41.8 Å². The summed E-state index contributed by atoms with van der Waals surface area (Å²) in [4.78, 5) is 50.5. The van der Waals surface area contributed by atoms with Crippen molar-refractivity contribution in [1.82, 2.24) is 10.6 Å². The van der Waals surface area contributed by atoms with Crippen LogP contribution in [0.4, 0.5) is 9.59 Å². The van der Waals surface area contributed by atoms with Gasteiger partial charge in [-0.05, 0) is 69.0 Å². The van der Waals surface area contributed by atoms with Gasteiger partial charge in [-0.2, -0.15) is 0 Å². The lowest BCUT2D eigenvalue weighted by Gasteiger charge is -2.32. The van der Waals surface area contributed by atoms with Gasteiger partial charge in [-0.3, -0.25) is 9.59 Å². The van der Waals surface area contributed by atoms with Gasteiger partial charge in [0.25, 0.3) is 0 Å². The number of hydrogen-bond donors (Lipinski definition) is 3. The second-order valence-electron chi connectivity index (χ2n) is 11.5. The molecule has 2 saturated carbocycles. The van der Waals surface area contributed by atoms with E-state index in [4.69, 9.17) is 24.5 Å². The first-order valence-corrected chi connectivity index (χ1v) is 16.2. The molecular formula is C36H53N5O9. The van der Waals surface area contributed by atoms with Crippen LogP contribution in [0.3, 0.4) is 0 Å². The van der Waals surface area contributed by atoms with Crippen molar-refractivity contribution in [2.75, 3.05) is 13.2 Å². The van der Waals surface area contributed by atoms with Gasteiger partial charge in [0.05, 0.1) is 43.2 Å². The number of nitrogens with one attached hydrogen (secondary N) is 2. The molecular weight excluding hydrogens is 646 g/mol. The number of aliphatic hydroxyl groups is 1. The van der Waals surface area contributed by atoms with Crippen molar-refractivity contribution in [1.29, 1.82) is 0 Å². The topological polar surface area (TPSA) is 198 Å². The monoisotopic (exact) mass is 699 g/mol. The zero-order valence-corrected chi connectivity index (χ0v) is 27.4. The van der Waals surface area contributed by atoms with Crippen LogP contribution in [-0.4, -0.2) is 66.7 Å². The average Bonchev–Trinajstić information content (AvgIpc) is 3.09. The molecule has 4 rings (SSSR count). The molecule has 2 amide bonds. The number of azide groups is 1. The van der Waals surface area contributed by atoms with E-state index < -0.39 is 36.4 Å². The van der Waals surface area contributed by atoms with Gasteiger partial charge in [0.1, 0.15) is 13.2 Å². The molecule has 50 heavy (non-hydrogen) atoms. The summed E-state index contributed by atoms with van der Waals surface area (Å²) in [6.07, 6.45) is 0.953. The Balaban J connectivity index is 0.000000482. The highest BCUT2D eigenvalue weighted by Gasteiger charge is 2.36. The Kier molecular flexibility index (Phi) is 20.3. The number of esters is 2. The van der Waals surface area contributed by atoms with Crippen LogP contribution in [0.15, 0.2) is 65.8 Å². The number of nitrogens with zero attached hydrogens (tertiary/aromatic N) is 3. The van der Waals surface area contributed by atoms with Crippen molar-refractivity contribution < 1.29 is 43.2 Å². The molecule has 2 fully saturated rings. The molecule has 2 aliphatic rings. The highest BCUT2D eigenvalue weighted by Crippen LogP contribution is 2.28. The maximum absolute atomic E-state index is 12.1. The van der Waals surface area contributed by atoms with Crippen LogP contribution in [0.1, 0.15) is 78.4 Å². The summed E-state index contributed by atoms with van der Waals surface area (Å²) in [5, 5.41) is 19.1. The number of carbonyl (C=O) groups is 4. The molecule has 276 valence electrons. The van der Waals surface area contributed by atoms with Crippen LogP contribution in [0.5, 0.6) is 0 Å². The van der Waals surface area contributed by atoms with Gasteiger partial charge in [-0.1, -0.05) is 80.6 Å². The number of carbonyl (C=O) groups excluding carboxylic acids is 4. The molecule has 2 aliphatic carbocycles. The number of aliphatic hydroxyl groups excluding tert-OH is 1. The Hall–Kier alpha value is -4.81. The van der Waals surface area contributed by atoms with E-state index in [0.717, 1.165) is 11.1 Å². The quantitative estimate of drug-likeness (QED) is 0.0760. The third-order valence-electron chi connectivity index (χ3n) is 8.10. The minimum atomic E-state index is -0.676. The third-order valence-corrected chi connectivity index (χ3v) is 8.10. The lowest BCUT2D eigenvalue weighted by atomic mass is 9.82. The summed E-state index contributed by atoms with van der Waals surface area (Å²) in [6.45, 7) is 4.46. The van der Waals surface area contributed by atoms with E-state index in [2.05, 4.69) is 20.7 Å². The first kappa shape index (κ1) is 43.2. The molecule has 2 aromatic carbocycles. The highest BCUT2D eigenvalue weighted by molar-refractivity contribution is 5.74. The second-order valence-corrected chi connectivity index (χ2v) is 11.5. The molecule has 0 bridgehead atoms. The summed E-state index contributed by atoms with van der Waals surface area (Å²) in [7, 11) is 0. The lowest BCUT2D eigenvalue weighted by molar-refractivity contribution is -0.150. The average molecular weight is 700 g/mol. The van der Waals surface area contributed by atoms with Gasteiger partial charge in [-0.15, -0.1) is 0 Å². The Bertz CT molecular complexity index is 1360. The van der Waals surface area contributed by atoms with E-state index in [-0.39, 0.29) is 51.8 Å². The van der Waals surface area contributed by atoms with Gasteiger partial charge in [0.15, 0.2) is 0 Å². The molecule has 0 aliphatic heterocycles. The number of amides is 2. The molecule has 3 N–H and O–H groups in total. The third kappa shape index (κ3) is 14.8. The largest absolute Gasteiger partial charge is 0.466 e. The first-order valence-electron chi connectivity index (χ1n) is 16.2. The van der Waals surface area contributed by atoms with Crippen molar-refractivity contribution in [3.8, 4) is 0 Å². The maximum Gasteiger partial charge on any atom is 0.407 e. The summed E-state index contributed by atoms with van der Waals surface area (Å²) in [6, 6.07) is 17.3. The Morgan fingerprint density at radius 2 is 1.16 bits per heavy atom. The first-order chi connectivity index (χ1) is 23.2. The molecule has 0 saturated heterocycles. The maximum atomic E-state index is 12.1. The molecule has 0 heterocycles. The van der Waals surface area contributed by atoms with E-state index in [9.17, 15) is 24.3 Å². The number of rotatable bonds is 11. The lowest BCUT2D eigenvalue weighted by Crippen LogP contribution is -2.48. The molecule has 14 nitrogen and oxygen atoms in total. The van der Waals surface area contributed by atoms with Gasteiger partial charge in [-0.25, -0.2) is 9.59 Å². The van der Waals surface area contributed by atoms with E-state index in [1.54, 1.807) is 13.8 Å². The van der Waals surface area contributed by atoms with Gasteiger partial charge < -0.3 is 34.7 Å². The highest BCUT2D eigenvalue weighted by atomic mass is 16.6. The zero-order valence-electron chi connectivity index (χ0n) is 27.4. The van der Waals surface area contributed by atoms with Crippen LogP contribution in [0.2, 0.25) is 0 Å². The van der Waals surface area contributed by atoms with Crippen molar-refractivity contribution in [3.63, 3.8) is 0 Å². The van der Waals surface area contributed by atoms with Crippen molar-refractivity contribution >= 4 is 24.1 Å². The van der Waals surface area contributed by atoms with E-state index in [1.807, 2.05) is 60.7 Å². The molecule has 14 heteroatoms. The minimum absolute atomic E-state index is 0. The molecule has 0 aromatic heterocycles. The molecule has 2 aromatic rings. The number of benzene rings is 2. The summed E-state index contributed by atoms with van der Waals surface area (Å²) in [5.74, 6) is -1.17. The van der Waals surface area contributed by atoms with Gasteiger partial charge in [0, 0.05) is 11.0 Å². The number of ether oxygens (including phenoxy) is 4. The zero-order chi connectivity index (χ0) is 34.7. The molecule has 0 radical (unpaired) electrons. The van der Waals surface area contributed by atoms with Crippen molar-refractivity contribution in [2.45, 2.75) is 105 Å². The van der Waals surface area contributed by atoms with E-state index in [1.165, 1.54) is 0 Å². The second kappa shape index (κ2) is 23.5. The Morgan fingerprint density at radius 3 is 1.62 bits per heavy atom. The Labute approximate surface area is 294 Å². The van der Waals surface area contributed by atoms with Crippen molar-refractivity contribution in [2.24, 2.45) is 17.0 Å². The molecule has 6 atom stereocenters. The fourth-order valence-electron chi connectivity index (χ4n) is 5.60. The van der Waals surface area contributed by atoms with E-state index in [0.29, 0.717) is 51.7 Å². The summed E-state index contributed by atoms with van der Waals surface area (Å²) in [5.41, 5.74) is 10.5. The molecule has 0 spiro atoms. The van der Waals surface area contributed by atoms with Gasteiger partial charge in [0.2, 0.25) is 0 Å². The smallest absolute Gasteiger partial charge is 0.407 e. The van der Waals surface area contributed by atoms with Crippen LogP contribution in [0, 0.1) is 11.8 Å². The van der Waals surface area contributed by atoms with E-state index >= 15 is 0 Å². The number of alkyl carbamates (subject to hydrolysis) is 2. The van der Waals surface area contributed by atoms with Crippen LogP contribution < -0.4 is 10.6 Å².